The molecule has 1 aromatic carbocycles. The Bertz CT molecular complexity index is 970. The smallest absolute Gasteiger partial charge is 0.251 e. The monoisotopic (exact) mass is 385 g/mol. The summed E-state index contributed by atoms with van der Waals surface area (Å²) in [6, 6.07) is 14.8. The maximum atomic E-state index is 12.3. The van der Waals surface area contributed by atoms with Gasteiger partial charge >= 0.3 is 0 Å². The highest BCUT2D eigenvalue weighted by Crippen LogP contribution is 2.12. The fraction of sp³-hybridized carbons (Fsp3) is 0.158. The third-order valence-electron chi connectivity index (χ3n) is 3.84. The number of pyridine rings is 1. The van der Waals surface area contributed by atoms with Crippen molar-refractivity contribution < 1.29 is 17.6 Å². The summed E-state index contributed by atoms with van der Waals surface area (Å²) in [4.78, 5) is 16.4. The van der Waals surface area contributed by atoms with Crippen molar-refractivity contribution in [3.05, 3.63) is 84.1 Å². The number of furan rings is 1. The van der Waals surface area contributed by atoms with E-state index in [9.17, 15) is 13.2 Å². The normalized spacial score (nSPS) is 11.3. The van der Waals surface area contributed by atoms with Crippen LogP contribution in [0.4, 0.5) is 0 Å². The average Bonchev–Trinajstić information content (AvgIpc) is 3.21. The standard InChI is InChI=1S/C19H19N3O4S/c23-19(21-12-10-16-4-1-2-11-20-16)15-6-8-18(9-7-15)27(24,25)22-14-17-5-3-13-26-17/h1-9,11,13,22H,10,12,14H2,(H,21,23). The third-order valence-corrected chi connectivity index (χ3v) is 5.25. The van der Waals surface area contributed by atoms with Gasteiger partial charge in [-0.1, -0.05) is 6.07 Å². The van der Waals surface area contributed by atoms with E-state index in [1.165, 1.54) is 30.5 Å². The van der Waals surface area contributed by atoms with Crippen molar-refractivity contribution >= 4 is 15.9 Å². The van der Waals surface area contributed by atoms with Crippen molar-refractivity contribution in [3.8, 4) is 0 Å². The highest BCUT2D eigenvalue weighted by Gasteiger charge is 2.15. The maximum absolute atomic E-state index is 12.3. The first-order chi connectivity index (χ1) is 13.0. The van der Waals surface area contributed by atoms with Gasteiger partial charge in [0.05, 0.1) is 17.7 Å². The van der Waals surface area contributed by atoms with Gasteiger partial charge in [-0.3, -0.25) is 9.78 Å². The fourth-order valence-electron chi connectivity index (χ4n) is 2.40. The topological polar surface area (TPSA) is 101 Å². The SMILES string of the molecule is O=C(NCCc1ccccn1)c1ccc(S(=O)(=O)NCc2ccco2)cc1. The lowest BCUT2D eigenvalue weighted by Gasteiger charge is -2.08. The van der Waals surface area contributed by atoms with Gasteiger partial charge in [-0.15, -0.1) is 0 Å². The van der Waals surface area contributed by atoms with Gasteiger partial charge in [-0.25, -0.2) is 13.1 Å². The molecule has 0 aliphatic carbocycles. The Labute approximate surface area is 157 Å². The van der Waals surface area contributed by atoms with Crippen molar-refractivity contribution in [1.29, 1.82) is 0 Å². The molecule has 0 radical (unpaired) electrons. The van der Waals surface area contributed by atoms with Crippen LogP contribution in [0.2, 0.25) is 0 Å². The van der Waals surface area contributed by atoms with Crippen molar-refractivity contribution in [2.24, 2.45) is 0 Å². The van der Waals surface area contributed by atoms with E-state index >= 15 is 0 Å². The Hall–Kier alpha value is -2.97. The lowest BCUT2D eigenvalue weighted by atomic mass is 10.2. The van der Waals surface area contributed by atoms with Gasteiger partial charge in [0, 0.05) is 30.4 Å². The van der Waals surface area contributed by atoms with Crippen LogP contribution in [-0.4, -0.2) is 25.9 Å². The Morgan fingerprint density at radius 2 is 1.85 bits per heavy atom. The Morgan fingerprint density at radius 1 is 1.04 bits per heavy atom. The van der Waals surface area contributed by atoms with Crippen molar-refractivity contribution in [2.75, 3.05) is 6.54 Å². The highest BCUT2D eigenvalue weighted by atomic mass is 32.2. The molecule has 0 spiro atoms. The van der Waals surface area contributed by atoms with E-state index in [0.29, 0.717) is 24.3 Å². The number of hydrogen-bond donors (Lipinski definition) is 2. The van der Waals surface area contributed by atoms with Crippen molar-refractivity contribution in [2.45, 2.75) is 17.9 Å². The second-order valence-corrected chi connectivity index (χ2v) is 7.52. The number of amides is 1. The number of nitrogens with zero attached hydrogens (tertiary/aromatic N) is 1. The second-order valence-electron chi connectivity index (χ2n) is 5.76. The number of aromatic nitrogens is 1. The minimum Gasteiger partial charge on any atom is -0.468 e. The van der Waals surface area contributed by atoms with Gasteiger partial charge in [-0.05, 0) is 48.5 Å². The summed E-state index contributed by atoms with van der Waals surface area (Å²) in [5, 5.41) is 2.79. The predicted molar refractivity (Wildman–Crippen MR) is 99.4 cm³/mol. The first-order valence-electron chi connectivity index (χ1n) is 8.35. The molecular formula is C19H19N3O4S. The van der Waals surface area contributed by atoms with Crippen LogP contribution in [0.25, 0.3) is 0 Å². The fourth-order valence-corrected chi connectivity index (χ4v) is 3.39. The van der Waals surface area contributed by atoms with Gasteiger partial charge in [-0.2, -0.15) is 0 Å². The molecule has 2 heterocycles. The van der Waals surface area contributed by atoms with E-state index < -0.39 is 10.0 Å². The molecule has 0 fully saturated rings. The summed E-state index contributed by atoms with van der Waals surface area (Å²) in [7, 11) is -3.68. The maximum Gasteiger partial charge on any atom is 0.251 e. The van der Waals surface area contributed by atoms with Crippen LogP contribution in [0.3, 0.4) is 0 Å². The molecule has 3 rings (SSSR count). The molecule has 8 heteroatoms. The molecule has 0 saturated heterocycles. The number of sulfonamides is 1. The van der Waals surface area contributed by atoms with Crippen LogP contribution >= 0.6 is 0 Å². The number of hydrogen-bond acceptors (Lipinski definition) is 5. The van der Waals surface area contributed by atoms with E-state index in [1.807, 2.05) is 18.2 Å². The van der Waals surface area contributed by atoms with Gasteiger partial charge in [0.25, 0.3) is 5.91 Å². The van der Waals surface area contributed by atoms with Crippen LogP contribution in [0.1, 0.15) is 21.8 Å². The molecule has 0 atom stereocenters. The van der Waals surface area contributed by atoms with Crippen LogP contribution < -0.4 is 10.0 Å². The van der Waals surface area contributed by atoms with Crippen molar-refractivity contribution in [1.82, 2.24) is 15.0 Å². The summed E-state index contributed by atoms with van der Waals surface area (Å²) in [6.45, 7) is 0.506. The second kappa shape index (κ2) is 8.61. The van der Waals surface area contributed by atoms with E-state index in [0.717, 1.165) is 5.69 Å². The molecule has 2 aromatic heterocycles. The molecule has 140 valence electrons. The minimum atomic E-state index is -3.68. The number of rotatable bonds is 8. The summed E-state index contributed by atoms with van der Waals surface area (Å²) in [6.07, 6.45) is 3.80. The molecule has 1 amide bonds. The van der Waals surface area contributed by atoms with Crippen molar-refractivity contribution in [3.63, 3.8) is 0 Å². The van der Waals surface area contributed by atoms with E-state index in [4.69, 9.17) is 4.42 Å². The molecule has 3 aromatic rings. The van der Waals surface area contributed by atoms with Crippen LogP contribution in [0.5, 0.6) is 0 Å². The summed E-state index contributed by atoms with van der Waals surface area (Å²) in [5.41, 5.74) is 1.28. The molecule has 2 N–H and O–H groups in total. The summed E-state index contributed by atoms with van der Waals surface area (Å²) >= 11 is 0. The van der Waals surface area contributed by atoms with Crippen LogP contribution in [0, 0.1) is 0 Å². The molecule has 0 unspecified atom stereocenters. The van der Waals surface area contributed by atoms with Gasteiger partial charge < -0.3 is 9.73 Å². The third kappa shape index (κ3) is 5.25. The number of carbonyl (C=O) groups excluding carboxylic acids is 1. The Morgan fingerprint density at radius 3 is 2.52 bits per heavy atom. The molecule has 27 heavy (non-hydrogen) atoms. The minimum absolute atomic E-state index is 0.0606. The molecule has 0 bridgehead atoms. The molecule has 0 aliphatic rings. The number of benzene rings is 1. The molecular weight excluding hydrogens is 366 g/mol. The van der Waals surface area contributed by atoms with Gasteiger partial charge in [0.15, 0.2) is 0 Å². The van der Waals surface area contributed by atoms with Crippen LogP contribution in [0.15, 0.2) is 76.4 Å². The van der Waals surface area contributed by atoms with E-state index in [-0.39, 0.29) is 17.3 Å². The highest BCUT2D eigenvalue weighted by molar-refractivity contribution is 7.89. The molecule has 0 saturated carbocycles. The van der Waals surface area contributed by atoms with Gasteiger partial charge in [0.2, 0.25) is 10.0 Å². The lowest BCUT2D eigenvalue weighted by Crippen LogP contribution is -2.26. The zero-order valence-corrected chi connectivity index (χ0v) is 15.3. The largest absolute Gasteiger partial charge is 0.468 e. The van der Waals surface area contributed by atoms with E-state index in [2.05, 4.69) is 15.0 Å². The molecule has 7 nitrogen and oxygen atoms in total. The first-order valence-corrected chi connectivity index (χ1v) is 9.83. The van der Waals surface area contributed by atoms with Crippen LogP contribution in [-0.2, 0) is 23.0 Å². The Balaban J connectivity index is 1.54. The van der Waals surface area contributed by atoms with E-state index in [1.54, 1.807) is 18.3 Å². The Kier molecular flexibility index (Phi) is 6.00. The van der Waals surface area contributed by atoms with Gasteiger partial charge in [0.1, 0.15) is 5.76 Å². The summed E-state index contributed by atoms with van der Waals surface area (Å²) in [5.74, 6) is 0.251. The summed E-state index contributed by atoms with van der Waals surface area (Å²) < 4.78 is 32.1. The number of nitrogens with one attached hydrogen (secondary N) is 2. The first kappa shape index (κ1) is 18.8. The zero-order valence-electron chi connectivity index (χ0n) is 14.5. The quantitative estimate of drug-likeness (QED) is 0.619. The zero-order chi connectivity index (χ0) is 19.1. The number of carbonyl (C=O) groups is 1. The predicted octanol–water partition coefficient (Wildman–Crippen LogP) is 2.13. The molecule has 0 aliphatic heterocycles. The average molecular weight is 385 g/mol. The lowest BCUT2D eigenvalue weighted by molar-refractivity contribution is 0.0954.